The summed E-state index contributed by atoms with van der Waals surface area (Å²) < 4.78 is 2.72. The number of aliphatic carboxylic acids is 1. The van der Waals surface area contributed by atoms with Crippen LogP contribution in [0.5, 0.6) is 0 Å². The van der Waals surface area contributed by atoms with Crippen molar-refractivity contribution in [3.8, 4) is 0 Å². The van der Waals surface area contributed by atoms with E-state index in [-0.39, 0.29) is 6.42 Å². The summed E-state index contributed by atoms with van der Waals surface area (Å²) in [6.07, 6.45) is 1.75. The van der Waals surface area contributed by atoms with Crippen molar-refractivity contribution in [3.05, 3.63) is 34.3 Å². The predicted octanol–water partition coefficient (Wildman–Crippen LogP) is 2.03. The first-order chi connectivity index (χ1) is 7.09. The van der Waals surface area contributed by atoms with Gasteiger partial charge in [0, 0.05) is 10.7 Å². The third-order valence-corrected chi connectivity index (χ3v) is 2.81. The molecule has 2 rings (SSSR count). The number of fused-ring (bicyclic) bond motifs is 1. The average Bonchev–Trinajstić information content (AvgIpc) is 2.44. The number of imidazole rings is 1. The second-order valence-corrected chi connectivity index (χ2v) is 4.11. The quantitative estimate of drug-likeness (QED) is 0.907. The standard InChI is InChI=1S/C10H9BrN2O2/c1-6-10-7(11)3-2-4-13(10)8(12-6)5-9(14)15/h2-4H,5H2,1H3,(H,14,15). The molecule has 0 saturated heterocycles. The second-order valence-electron chi connectivity index (χ2n) is 3.26. The Morgan fingerprint density at radius 2 is 2.40 bits per heavy atom. The third-order valence-electron chi connectivity index (χ3n) is 2.17. The number of rotatable bonds is 2. The van der Waals surface area contributed by atoms with Crippen LogP contribution in [0.3, 0.4) is 0 Å². The van der Waals surface area contributed by atoms with Gasteiger partial charge in [-0.15, -0.1) is 0 Å². The Bertz CT molecular complexity index is 533. The van der Waals surface area contributed by atoms with Gasteiger partial charge in [-0.3, -0.25) is 4.79 Å². The molecule has 5 heteroatoms. The number of hydrogen-bond acceptors (Lipinski definition) is 2. The Kier molecular flexibility index (Phi) is 2.48. The largest absolute Gasteiger partial charge is 0.481 e. The van der Waals surface area contributed by atoms with Crippen LogP contribution in [0.1, 0.15) is 11.5 Å². The number of carboxylic acid groups (broad SMARTS) is 1. The number of carbonyl (C=O) groups is 1. The van der Waals surface area contributed by atoms with Crippen LogP contribution in [0, 0.1) is 6.92 Å². The van der Waals surface area contributed by atoms with Gasteiger partial charge < -0.3 is 9.51 Å². The predicted molar refractivity (Wildman–Crippen MR) is 59.0 cm³/mol. The van der Waals surface area contributed by atoms with Crippen molar-refractivity contribution in [1.82, 2.24) is 9.38 Å². The van der Waals surface area contributed by atoms with Crippen LogP contribution in [0.15, 0.2) is 22.8 Å². The summed E-state index contributed by atoms with van der Waals surface area (Å²) in [6, 6.07) is 3.76. The summed E-state index contributed by atoms with van der Waals surface area (Å²) in [4.78, 5) is 14.9. The lowest BCUT2D eigenvalue weighted by Crippen LogP contribution is -2.04. The number of pyridine rings is 1. The Hall–Kier alpha value is -1.36. The Morgan fingerprint density at radius 1 is 1.67 bits per heavy atom. The molecule has 1 N–H and O–H groups in total. The molecule has 0 amide bonds. The monoisotopic (exact) mass is 268 g/mol. The van der Waals surface area contributed by atoms with E-state index in [0.29, 0.717) is 5.82 Å². The maximum absolute atomic E-state index is 10.6. The molecular formula is C10H9BrN2O2. The zero-order valence-corrected chi connectivity index (χ0v) is 9.65. The lowest BCUT2D eigenvalue weighted by molar-refractivity contribution is -0.136. The summed E-state index contributed by atoms with van der Waals surface area (Å²) in [7, 11) is 0. The maximum Gasteiger partial charge on any atom is 0.311 e. The first kappa shape index (κ1) is 10.2. The Balaban J connectivity index is 2.68. The summed E-state index contributed by atoms with van der Waals surface area (Å²) in [5.74, 6) is -0.321. The minimum absolute atomic E-state index is 0.0640. The molecule has 0 aliphatic rings. The molecule has 0 fully saturated rings. The van der Waals surface area contributed by atoms with E-state index in [2.05, 4.69) is 20.9 Å². The highest BCUT2D eigenvalue weighted by Crippen LogP contribution is 2.22. The molecule has 4 nitrogen and oxygen atoms in total. The van der Waals surface area contributed by atoms with E-state index in [4.69, 9.17) is 5.11 Å². The summed E-state index contributed by atoms with van der Waals surface area (Å²) in [6.45, 7) is 1.87. The lowest BCUT2D eigenvalue weighted by atomic mass is 10.3. The molecule has 0 aliphatic heterocycles. The summed E-state index contributed by atoms with van der Waals surface area (Å²) >= 11 is 3.42. The highest BCUT2D eigenvalue weighted by molar-refractivity contribution is 9.10. The van der Waals surface area contributed by atoms with E-state index < -0.39 is 5.97 Å². The van der Waals surface area contributed by atoms with Crippen molar-refractivity contribution < 1.29 is 9.90 Å². The van der Waals surface area contributed by atoms with Crippen molar-refractivity contribution in [2.24, 2.45) is 0 Å². The number of carboxylic acids is 1. The van der Waals surface area contributed by atoms with Crippen LogP contribution in [0.25, 0.3) is 5.52 Å². The van der Waals surface area contributed by atoms with Crippen LogP contribution in [-0.4, -0.2) is 20.5 Å². The molecule has 2 heterocycles. The van der Waals surface area contributed by atoms with Crippen molar-refractivity contribution in [2.45, 2.75) is 13.3 Å². The average molecular weight is 269 g/mol. The third kappa shape index (κ3) is 1.74. The molecule has 0 aliphatic carbocycles. The minimum Gasteiger partial charge on any atom is -0.481 e. The van der Waals surface area contributed by atoms with Gasteiger partial charge in [-0.2, -0.15) is 0 Å². The normalized spacial score (nSPS) is 10.8. The van der Waals surface area contributed by atoms with Gasteiger partial charge in [-0.1, -0.05) is 0 Å². The second kappa shape index (κ2) is 3.66. The number of nitrogens with zero attached hydrogens (tertiary/aromatic N) is 2. The zero-order chi connectivity index (χ0) is 11.0. The van der Waals surface area contributed by atoms with Gasteiger partial charge >= 0.3 is 5.97 Å². The van der Waals surface area contributed by atoms with E-state index in [1.54, 1.807) is 4.40 Å². The van der Waals surface area contributed by atoms with Gasteiger partial charge in [0.2, 0.25) is 0 Å². The van der Waals surface area contributed by atoms with Crippen LogP contribution >= 0.6 is 15.9 Å². The molecular weight excluding hydrogens is 260 g/mol. The zero-order valence-electron chi connectivity index (χ0n) is 8.07. The number of halogens is 1. The van der Waals surface area contributed by atoms with E-state index in [1.165, 1.54) is 0 Å². The smallest absolute Gasteiger partial charge is 0.311 e. The van der Waals surface area contributed by atoms with Gasteiger partial charge in [-0.05, 0) is 35.0 Å². The molecule has 2 aromatic heterocycles. The fraction of sp³-hybridized carbons (Fsp3) is 0.200. The Labute approximate surface area is 94.7 Å². The van der Waals surface area contributed by atoms with Crippen LogP contribution in [-0.2, 0) is 11.2 Å². The van der Waals surface area contributed by atoms with E-state index in [0.717, 1.165) is 15.7 Å². The fourth-order valence-corrected chi connectivity index (χ4v) is 2.24. The number of aromatic nitrogens is 2. The molecule has 0 unspecified atom stereocenters. The van der Waals surface area contributed by atoms with Gasteiger partial charge in [-0.25, -0.2) is 4.98 Å². The van der Waals surface area contributed by atoms with Crippen molar-refractivity contribution in [2.75, 3.05) is 0 Å². The number of aryl methyl sites for hydroxylation is 1. The van der Waals surface area contributed by atoms with Crippen LogP contribution < -0.4 is 0 Å². The topological polar surface area (TPSA) is 54.6 Å². The van der Waals surface area contributed by atoms with E-state index in [9.17, 15) is 4.79 Å². The fourth-order valence-electron chi connectivity index (χ4n) is 1.60. The minimum atomic E-state index is -0.873. The van der Waals surface area contributed by atoms with Crippen molar-refractivity contribution in [3.63, 3.8) is 0 Å². The van der Waals surface area contributed by atoms with Gasteiger partial charge in [0.15, 0.2) is 0 Å². The molecule has 2 aromatic rings. The van der Waals surface area contributed by atoms with Crippen molar-refractivity contribution >= 4 is 27.4 Å². The first-order valence-electron chi connectivity index (χ1n) is 4.43. The van der Waals surface area contributed by atoms with Crippen LogP contribution in [0.4, 0.5) is 0 Å². The first-order valence-corrected chi connectivity index (χ1v) is 5.22. The molecule has 78 valence electrons. The molecule has 0 radical (unpaired) electrons. The van der Waals surface area contributed by atoms with Gasteiger partial charge in [0.25, 0.3) is 0 Å². The highest BCUT2D eigenvalue weighted by atomic mass is 79.9. The molecule has 0 bridgehead atoms. The highest BCUT2D eigenvalue weighted by Gasteiger charge is 2.12. The molecule has 0 aromatic carbocycles. The molecule has 0 spiro atoms. The summed E-state index contributed by atoms with van der Waals surface area (Å²) in [5, 5.41) is 8.74. The molecule has 0 saturated carbocycles. The summed E-state index contributed by atoms with van der Waals surface area (Å²) in [5.41, 5.74) is 1.76. The number of hydrogen-bond donors (Lipinski definition) is 1. The van der Waals surface area contributed by atoms with E-state index in [1.807, 2.05) is 25.3 Å². The maximum atomic E-state index is 10.6. The van der Waals surface area contributed by atoms with Crippen LogP contribution in [0.2, 0.25) is 0 Å². The van der Waals surface area contributed by atoms with E-state index >= 15 is 0 Å². The SMILES string of the molecule is Cc1nc(CC(=O)O)n2cccc(Br)c12. The molecule has 15 heavy (non-hydrogen) atoms. The van der Waals surface area contributed by atoms with Crippen molar-refractivity contribution in [1.29, 1.82) is 0 Å². The van der Waals surface area contributed by atoms with Gasteiger partial charge in [0.05, 0.1) is 11.2 Å². The Morgan fingerprint density at radius 3 is 3.07 bits per heavy atom. The lowest BCUT2D eigenvalue weighted by Gasteiger charge is -1.99. The molecule has 0 atom stereocenters. The van der Waals surface area contributed by atoms with Gasteiger partial charge in [0.1, 0.15) is 12.2 Å².